The summed E-state index contributed by atoms with van der Waals surface area (Å²) < 4.78 is 2.42. The third-order valence-electron chi connectivity index (χ3n) is 14.3. The van der Waals surface area contributed by atoms with E-state index in [4.69, 9.17) is 0 Å². The number of aromatic nitrogens is 1. The molecule has 1 aliphatic carbocycles. The number of hydrogen-bond donors (Lipinski definition) is 0. The van der Waals surface area contributed by atoms with Gasteiger partial charge in [0.1, 0.15) is 0 Å². The van der Waals surface area contributed by atoms with E-state index in [9.17, 15) is 0 Å². The first-order valence-electron chi connectivity index (χ1n) is 23.6. The van der Waals surface area contributed by atoms with Crippen LogP contribution in [0.4, 0.5) is 17.1 Å². The summed E-state index contributed by atoms with van der Waals surface area (Å²) in [5, 5.41) is 4.86. The van der Waals surface area contributed by atoms with Gasteiger partial charge in [-0.05, 0) is 117 Å². The molecule has 12 aromatic rings. The summed E-state index contributed by atoms with van der Waals surface area (Å²) in [6, 6.07) is 101. The summed E-state index contributed by atoms with van der Waals surface area (Å²) in [7, 11) is 0. The highest BCUT2D eigenvalue weighted by Gasteiger charge is 2.48. The van der Waals surface area contributed by atoms with E-state index in [-0.39, 0.29) is 5.92 Å². The number of anilines is 3. The molecule has 2 nitrogen and oxygen atoms in total. The molecule has 1 aliphatic rings. The Morgan fingerprint density at radius 3 is 1.56 bits per heavy atom. The molecule has 11 aromatic carbocycles. The molecular weight excluding hydrogens is 821 g/mol. The monoisotopic (exact) mass is 866 g/mol. The van der Waals surface area contributed by atoms with E-state index in [2.05, 4.69) is 282 Å². The molecule has 0 bridgehead atoms. The fourth-order valence-corrected chi connectivity index (χ4v) is 11.5. The Labute approximate surface area is 397 Å². The fourth-order valence-electron chi connectivity index (χ4n) is 11.5. The van der Waals surface area contributed by atoms with Gasteiger partial charge in [0.25, 0.3) is 0 Å². The summed E-state index contributed by atoms with van der Waals surface area (Å²) >= 11 is 0. The molecule has 1 heterocycles. The smallest absolute Gasteiger partial charge is 0.0714 e. The lowest BCUT2D eigenvalue weighted by molar-refractivity contribution is 0.771. The van der Waals surface area contributed by atoms with Crippen LogP contribution in [-0.4, -0.2) is 4.57 Å². The van der Waals surface area contributed by atoms with Crippen molar-refractivity contribution in [3.63, 3.8) is 0 Å². The molecule has 1 unspecified atom stereocenters. The number of hydrogen-bond acceptors (Lipinski definition) is 1. The van der Waals surface area contributed by atoms with Gasteiger partial charge in [-0.1, -0.05) is 206 Å². The standard InChI is InChI=1S/C66H46N2/c1-7-23-46(24-8-1)63(47-25-9-2-10-26-47)49-40-39-48-44-60-64(65(57(48)43-49)67(52-29-13-4-14-30-52)53-31-15-5-16-32-53)56-36-19-21-37-59(56)66(60,50-27-11-3-12-28-50)51-41-42-62-58(45-51)55-35-20-22-38-61(55)68(62)54-33-17-6-18-34-54/h1-45,63H. The lowest BCUT2D eigenvalue weighted by atomic mass is 9.67. The van der Waals surface area contributed by atoms with Crippen molar-refractivity contribution >= 4 is 49.6 Å². The lowest BCUT2D eigenvalue weighted by Gasteiger charge is -2.35. The van der Waals surface area contributed by atoms with Crippen molar-refractivity contribution in [3.8, 4) is 16.8 Å². The van der Waals surface area contributed by atoms with Crippen molar-refractivity contribution in [3.05, 3.63) is 312 Å². The lowest BCUT2D eigenvalue weighted by Crippen LogP contribution is -2.28. The number of nitrogens with zero attached hydrogens (tertiary/aromatic N) is 2. The molecule has 0 saturated heterocycles. The Kier molecular flexibility index (Phi) is 9.50. The molecule has 2 heteroatoms. The van der Waals surface area contributed by atoms with Crippen LogP contribution in [0.25, 0.3) is 49.4 Å². The highest BCUT2D eigenvalue weighted by Crippen LogP contribution is 2.61. The molecular formula is C66H46N2. The minimum absolute atomic E-state index is 0.0326. The second-order valence-electron chi connectivity index (χ2n) is 18.0. The van der Waals surface area contributed by atoms with E-state index in [0.29, 0.717) is 0 Å². The Morgan fingerprint density at radius 2 is 0.897 bits per heavy atom. The highest BCUT2D eigenvalue weighted by molar-refractivity contribution is 6.12. The third-order valence-corrected chi connectivity index (χ3v) is 14.3. The SMILES string of the molecule is c1ccc(C(c2ccccc2)c2ccc3cc4c(c(N(c5ccccc5)c5ccccc5)c3c2)-c2ccccc2C4(c2ccccc2)c2ccc3c(c2)c2ccccc2n3-c2ccccc2)cc1. The first-order chi connectivity index (χ1) is 33.8. The average Bonchev–Trinajstić information content (AvgIpc) is 3.90. The minimum Gasteiger partial charge on any atom is -0.309 e. The van der Waals surface area contributed by atoms with E-state index in [0.717, 1.165) is 17.1 Å². The van der Waals surface area contributed by atoms with Gasteiger partial charge in [0.05, 0.1) is 22.1 Å². The molecule has 320 valence electrons. The van der Waals surface area contributed by atoms with E-state index >= 15 is 0 Å². The number of fused-ring (bicyclic) bond motifs is 7. The second-order valence-corrected chi connectivity index (χ2v) is 18.0. The zero-order valence-electron chi connectivity index (χ0n) is 37.5. The fraction of sp³-hybridized carbons (Fsp3) is 0.0303. The van der Waals surface area contributed by atoms with Gasteiger partial charge in [0.15, 0.2) is 0 Å². The Bertz CT molecular complexity index is 3690. The van der Waals surface area contributed by atoms with Crippen LogP contribution in [0.3, 0.4) is 0 Å². The molecule has 0 N–H and O–H groups in total. The van der Waals surface area contributed by atoms with Crippen molar-refractivity contribution in [1.29, 1.82) is 0 Å². The van der Waals surface area contributed by atoms with Crippen LogP contribution in [0.2, 0.25) is 0 Å². The van der Waals surface area contributed by atoms with Crippen LogP contribution < -0.4 is 4.90 Å². The van der Waals surface area contributed by atoms with Gasteiger partial charge < -0.3 is 9.47 Å². The Hall–Kier alpha value is -8.72. The first kappa shape index (κ1) is 39.6. The minimum atomic E-state index is -0.672. The van der Waals surface area contributed by atoms with Crippen molar-refractivity contribution in [1.82, 2.24) is 4.57 Å². The predicted octanol–water partition coefficient (Wildman–Crippen LogP) is 16.9. The first-order valence-corrected chi connectivity index (χ1v) is 23.6. The Balaban J connectivity index is 1.17. The van der Waals surface area contributed by atoms with Crippen LogP contribution in [0.1, 0.15) is 44.9 Å². The van der Waals surface area contributed by atoms with E-state index in [1.54, 1.807) is 0 Å². The van der Waals surface area contributed by atoms with Crippen molar-refractivity contribution in [2.75, 3.05) is 4.90 Å². The molecule has 13 rings (SSSR count). The van der Waals surface area contributed by atoms with Gasteiger partial charge in [0, 0.05) is 44.7 Å². The highest BCUT2D eigenvalue weighted by atomic mass is 15.1. The number of para-hydroxylation sites is 4. The maximum atomic E-state index is 2.52. The van der Waals surface area contributed by atoms with Crippen molar-refractivity contribution < 1.29 is 0 Å². The molecule has 0 amide bonds. The summed E-state index contributed by atoms with van der Waals surface area (Å²) in [5.41, 5.74) is 17.5. The molecule has 0 fully saturated rings. The molecule has 0 saturated carbocycles. The molecule has 0 aliphatic heterocycles. The second kappa shape index (κ2) is 16.3. The van der Waals surface area contributed by atoms with Gasteiger partial charge in [-0.25, -0.2) is 0 Å². The quantitative estimate of drug-likeness (QED) is 0.131. The number of benzene rings is 11. The normalized spacial score (nSPS) is 14.1. The largest absolute Gasteiger partial charge is 0.309 e. The molecule has 0 radical (unpaired) electrons. The van der Waals surface area contributed by atoms with Crippen molar-refractivity contribution in [2.45, 2.75) is 11.3 Å². The topological polar surface area (TPSA) is 8.17 Å². The van der Waals surface area contributed by atoms with Gasteiger partial charge in [0.2, 0.25) is 0 Å². The zero-order valence-corrected chi connectivity index (χ0v) is 37.5. The summed E-state index contributed by atoms with van der Waals surface area (Å²) in [6.07, 6.45) is 0. The number of rotatable bonds is 9. The van der Waals surface area contributed by atoms with Crippen LogP contribution in [0.5, 0.6) is 0 Å². The average molecular weight is 867 g/mol. The van der Waals surface area contributed by atoms with Crippen molar-refractivity contribution in [2.24, 2.45) is 0 Å². The Morgan fingerprint density at radius 1 is 0.353 bits per heavy atom. The third kappa shape index (κ3) is 6.18. The maximum absolute atomic E-state index is 2.52. The summed E-state index contributed by atoms with van der Waals surface area (Å²) in [5.74, 6) is 0.0326. The van der Waals surface area contributed by atoms with Crippen LogP contribution >= 0.6 is 0 Å². The molecule has 1 atom stereocenters. The van der Waals surface area contributed by atoms with Crippen LogP contribution in [0, 0.1) is 0 Å². The van der Waals surface area contributed by atoms with Gasteiger partial charge in [-0.2, -0.15) is 0 Å². The summed E-state index contributed by atoms with van der Waals surface area (Å²) in [4.78, 5) is 2.51. The summed E-state index contributed by atoms with van der Waals surface area (Å²) in [6.45, 7) is 0. The zero-order chi connectivity index (χ0) is 45.0. The molecule has 0 spiro atoms. The van der Waals surface area contributed by atoms with E-state index in [1.807, 2.05) is 0 Å². The van der Waals surface area contributed by atoms with E-state index < -0.39 is 5.41 Å². The molecule has 1 aromatic heterocycles. The molecule has 68 heavy (non-hydrogen) atoms. The van der Waals surface area contributed by atoms with Gasteiger partial charge in [-0.15, -0.1) is 0 Å². The van der Waals surface area contributed by atoms with Gasteiger partial charge in [-0.3, -0.25) is 0 Å². The maximum Gasteiger partial charge on any atom is 0.0714 e. The van der Waals surface area contributed by atoms with Crippen LogP contribution in [-0.2, 0) is 5.41 Å². The van der Waals surface area contributed by atoms with Crippen LogP contribution in [0.15, 0.2) is 273 Å². The predicted molar refractivity (Wildman–Crippen MR) is 284 cm³/mol. The van der Waals surface area contributed by atoms with Gasteiger partial charge >= 0.3 is 0 Å². The van der Waals surface area contributed by atoms with E-state index in [1.165, 1.54) is 88.3 Å².